The second-order valence-electron chi connectivity index (χ2n) is 9.58. The summed E-state index contributed by atoms with van der Waals surface area (Å²) in [5.41, 5.74) is 1.92. The van der Waals surface area contributed by atoms with E-state index in [2.05, 4.69) is 42.1 Å². The predicted octanol–water partition coefficient (Wildman–Crippen LogP) is 4.62. The van der Waals surface area contributed by atoms with Crippen molar-refractivity contribution in [3.63, 3.8) is 0 Å². The van der Waals surface area contributed by atoms with Crippen LogP contribution in [0.15, 0.2) is 23.1 Å². The minimum absolute atomic E-state index is 0.145. The first-order valence-electron chi connectivity index (χ1n) is 10.1. The van der Waals surface area contributed by atoms with Gasteiger partial charge in [0.15, 0.2) is 0 Å². The first kappa shape index (κ1) is 18.4. The van der Waals surface area contributed by atoms with E-state index in [0.717, 1.165) is 28.6 Å². The molecule has 0 atom stereocenters. The van der Waals surface area contributed by atoms with Crippen LogP contribution in [0, 0.1) is 37.5 Å². The van der Waals surface area contributed by atoms with Crippen LogP contribution in [0.4, 0.5) is 0 Å². The molecule has 2 N–H and O–H groups in total. The lowest BCUT2D eigenvalue weighted by Crippen LogP contribution is -2.60. The largest absolute Gasteiger partial charge is 0.351 e. The summed E-state index contributed by atoms with van der Waals surface area (Å²) in [6, 6.07) is 6.91. The molecule has 1 aromatic rings. The third-order valence-electron chi connectivity index (χ3n) is 6.71. The Morgan fingerprint density at radius 1 is 0.962 bits per heavy atom. The van der Waals surface area contributed by atoms with E-state index in [1.54, 1.807) is 11.9 Å². The zero-order valence-electron chi connectivity index (χ0n) is 16.5. The van der Waals surface area contributed by atoms with E-state index >= 15 is 0 Å². The Morgan fingerprint density at radius 2 is 1.50 bits per heavy atom. The highest BCUT2D eigenvalue weighted by molar-refractivity contribution is 7.97. The Hall–Kier alpha value is -1.00. The highest BCUT2D eigenvalue weighted by Gasteiger charge is 2.49. The highest BCUT2D eigenvalue weighted by Crippen LogP contribution is 2.53. The van der Waals surface area contributed by atoms with Gasteiger partial charge in [-0.1, -0.05) is 6.07 Å². The van der Waals surface area contributed by atoms with Gasteiger partial charge in [0.25, 0.3) is 0 Å². The van der Waals surface area contributed by atoms with Gasteiger partial charge in [-0.3, -0.25) is 4.79 Å². The van der Waals surface area contributed by atoms with E-state index in [9.17, 15) is 4.79 Å². The molecule has 0 aromatic heterocycles. The van der Waals surface area contributed by atoms with Crippen LogP contribution in [0.3, 0.4) is 0 Å². The summed E-state index contributed by atoms with van der Waals surface area (Å²) in [6.45, 7) is 8.21. The Morgan fingerprint density at radius 3 is 2.04 bits per heavy atom. The predicted molar refractivity (Wildman–Crippen MR) is 108 cm³/mol. The minimum Gasteiger partial charge on any atom is -0.351 e. The fourth-order valence-corrected chi connectivity index (χ4v) is 6.67. The standard InChI is InChI=1S/C22H32N2OS/c1-13-5-14(2)7-19(6-13)26-24-22(3,4)21(25)23-20-17-9-15-8-16(11-17)12-18(20)10-15/h5-7,15-18,20,24H,8-12H2,1-4H3,(H,23,25). The van der Waals surface area contributed by atoms with Crippen molar-refractivity contribution in [2.45, 2.75) is 76.3 Å². The van der Waals surface area contributed by atoms with E-state index in [-0.39, 0.29) is 5.91 Å². The zero-order chi connectivity index (χ0) is 18.5. The van der Waals surface area contributed by atoms with E-state index in [4.69, 9.17) is 0 Å². The molecule has 142 valence electrons. The molecule has 4 aliphatic rings. The van der Waals surface area contributed by atoms with Crippen LogP contribution in [0.5, 0.6) is 0 Å². The first-order chi connectivity index (χ1) is 12.3. The van der Waals surface area contributed by atoms with E-state index in [0.29, 0.717) is 6.04 Å². The van der Waals surface area contributed by atoms with Gasteiger partial charge in [-0.15, -0.1) is 0 Å². The quantitative estimate of drug-likeness (QED) is 0.741. The summed E-state index contributed by atoms with van der Waals surface area (Å²) in [4.78, 5) is 14.2. The van der Waals surface area contributed by atoms with Crippen molar-refractivity contribution < 1.29 is 4.79 Å². The van der Waals surface area contributed by atoms with Gasteiger partial charge in [-0.25, -0.2) is 4.72 Å². The van der Waals surface area contributed by atoms with Crippen LogP contribution in [0.2, 0.25) is 0 Å². The van der Waals surface area contributed by atoms with Crippen LogP contribution >= 0.6 is 11.9 Å². The Labute approximate surface area is 162 Å². The zero-order valence-corrected chi connectivity index (χ0v) is 17.3. The Balaban J connectivity index is 1.37. The van der Waals surface area contributed by atoms with Gasteiger partial charge >= 0.3 is 0 Å². The minimum atomic E-state index is -0.586. The number of carbonyl (C=O) groups excluding carboxylic acids is 1. The lowest BCUT2D eigenvalue weighted by Gasteiger charge is -2.54. The van der Waals surface area contributed by atoms with Crippen molar-refractivity contribution >= 4 is 17.9 Å². The second kappa shape index (κ2) is 6.87. The van der Waals surface area contributed by atoms with Gasteiger partial charge < -0.3 is 5.32 Å². The second-order valence-corrected chi connectivity index (χ2v) is 10.5. The fourth-order valence-electron chi connectivity index (χ4n) is 5.72. The fraction of sp³-hybridized carbons (Fsp3) is 0.682. The van der Waals surface area contributed by atoms with Gasteiger partial charge in [-0.05, 0) is 119 Å². The third kappa shape index (κ3) is 3.68. The lowest BCUT2D eigenvalue weighted by atomic mass is 9.54. The molecule has 0 aliphatic heterocycles. The maximum absolute atomic E-state index is 13.0. The van der Waals surface area contributed by atoms with Gasteiger partial charge in [-0.2, -0.15) is 0 Å². The number of hydrogen-bond donors (Lipinski definition) is 2. The van der Waals surface area contributed by atoms with E-state index < -0.39 is 5.54 Å². The molecule has 0 spiro atoms. The number of hydrogen-bond acceptors (Lipinski definition) is 3. The molecule has 5 rings (SSSR count). The first-order valence-corrected chi connectivity index (χ1v) is 10.9. The van der Waals surface area contributed by atoms with Crippen LogP contribution in [-0.2, 0) is 4.79 Å². The van der Waals surface area contributed by atoms with E-state index in [1.165, 1.54) is 43.2 Å². The van der Waals surface area contributed by atoms with Crippen molar-refractivity contribution in [3.8, 4) is 0 Å². The van der Waals surface area contributed by atoms with Crippen LogP contribution in [0.1, 0.15) is 57.1 Å². The summed E-state index contributed by atoms with van der Waals surface area (Å²) in [7, 11) is 0. The third-order valence-corrected chi connectivity index (χ3v) is 7.80. The van der Waals surface area contributed by atoms with Crippen molar-refractivity contribution in [2.24, 2.45) is 23.7 Å². The molecule has 4 heteroatoms. The number of rotatable bonds is 5. The number of benzene rings is 1. The van der Waals surface area contributed by atoms with Crippen molar-refractivity contribution in [2.75, 3.05) is 0 Å². The molecular weight excluding hydrogens is 340 g/mol. The molecule has 0 radical (unpaired) electrons. The normalized spacial score (nSPS) is 32.7. The number of nitrogens with one attached hydrogen (secondary N) is 2. The van der Waals surface area contributed by atoms with E-state index in [1.807, 2.05) is 13.8 Å². The summed E-state index contributed by atoms with van der Waals surface area (Å²) in [5, 5.41) is 3.45. The monoisotopic (exact) mass is 372 g/mol. The number of carbonyl (C=O) groups is 1. The van der Waals surface area contributed by atoms with Gasteiger partial charge in [0.1, 0.15) is 5.54 Å². The molecule has 3 nitrogen and oxygen atoms in total. The average molecular weight is 373 g/mol. The SMILES string of the molecule is Cc1cc(C)cc(SNC(C)(C)C(=O)NC2C3CC4CC(C3)CC2C4)c1. The van der Waals surface area contributed by atoms with Crippen molar-refractivity contribution in [1.82, 2.24) is 10.0 Å². The Bertz CT molecular complexity index is 651. The van der Waals surface area contributed by atoms with Crippen LogP contribution in [0.25, 0.3) is 0 Å². The maximum atomic E-state index is 13.0. The molecule has 0 saturated heterocycles. The smallest absolute Gasteiger partial charge is 0.240 e. The van der Waals surface area contributed by atoms with Gasteiger partial charge in [0, 0.05) is 10.9 Å². The summed E-state index contributed by atoms with van der Waals surface area (Å²) in [5.74, 6) is 3.47. The molecule has 4 bridgehead atoms. The maximum Gasteiger partial charge on any atom is 0.240 e. The topological polar surface area (TPSA) is 41.1 Å². The highest BCUT2D eigenvalue weighted by atomic mass is 32.2. The van der Waals surface area contributed by atoms with Crippen molar-refractivity contribution in [1.29, 1.82) is 0 Å². The summed E-state index contributed by atoms with van der Waals surface area (Å²) < 4.78 is 3.41. The average Bonchev–Trinajstić information content (AvgIpc) is 2.54. The summed E-state index contributed by atoms with van der Waals surface area (Å²) >= 11 is 1.56. The molecule has 4 aliphatic carbocycles. The molecule has 4 saturated carbocycles. The molecular formula is C22H32N2OS. The lowest BCUT2D eigenvalue weighted by molar-refractivity contribution is -0.129. The van der Waals surface area contributed by atoms with Gasteiger partial charge in [0.05, 0.1) is 0 Å². The summed E-state index contributed by atoms with van der Waals surface area (Å²) in [6.07, 6.45) is 6.80. The number of amides is 1. The van der Waals surface area contributed by atoms with Crippen LogP contribution in [-0.4, -0.2) is 17.5 Å². The Kier molecular flexibility index (Phi) is 4.85. The van der Waals surface area contributed by atoms with Gasteiger partial charge in [0.2, 0.25) is 5.91 Å². The molecule has 26 heavy (non-hydrogen) atoms. The van der Waals surface area contributed by atoms with Crippen molar-refractivity contribution in [3.05, 3.63) is 29.3 Å². The molecule has 1 aromatic carbocycles. The number of aryl methyl sites for hydroxylation is 2. The molecule has 0 heterocycles. The van der Waals surface area contributed by atoms with Crippen LogP contribution < -0.4 is 10.0 Å². The molecule has 1 amide bonds. The molecule has 4 fully saturated rings. The molecule has 0 unspecified atom stereocenters.